The van der Waals surface area contributed by atoms with E-state index in [0.29, 0.717) is 0 Å². The average Bonchev–Trinajstić information content (AvgIpc) is 3.67. The Morgan fingerprint density at radius 1 is 0.259 bits per heavy atom. The molecule has 0 unspecified atom stereocenters. The lowest BCUT2D eigenvalue weighted by Crippen LogP contribution is -2.10. The second-order valence-corrected chi connectivity index (χ2v) is 15.3. The molecular formula is C57H39N. The predicted octanol–water partition coefficient (Wildman–Crippen LogP) is 15.7. The lowest BCUT2D eigenvalue weighted by molar-refractivity contribution is 1.23. The van der Waals surface area contributed by atoms with E-state index < -0.39 is 0 Å². The van der Waals surface area contributed by atoms with Gasteiger partial charge in [-0.15, -0.1) is 0 Å². The maximum Gasteiger partial charge on any atom is 0.0464 e. The molecule has 1 aliphatic carbocycles. The Hall–Kier alpha value is -7.48. The maximum absolute atomic E-state index is 2.40. The summed E-state index contributed by atoms with van der Waals surface area (Å²) in [5.41, 5.74) is 18.6. The van der Waals surface area contributed by atoms with Gasteiger partial charge in [-0.1, -0.05) is 176 Å². The first-order valence-corrected chi connectivity index (χ1v) is 20.1. The van der Waals surface area contributed by atoms with Crippen LogP contribution in [0.2, 0.25) is 0 Å². The topological polar surface area (TPSA) is 3.24 Å². The monoisotopic (exact) mass is 737 g/mol. The van der Waals surface area contributed by atoms with E-state index in [0.717, 1.165) is 23.5 Å². The number of nitrogens with zero attached hydrogens (tertiary/aromatic N) is 1. The van der Waals surface area contributed by atoms with Crippen molar-refractivity contribution in [3.8, 4) is 55.6 Å². The molecule has 0 spiro atoms. The van der Waals surface area contributed by atoms with Crippen molar-refractivity contribution in [3.63, 3.8) is 0 Å². The number of rotatable bonds is 7. The van der Waals surface area contributed by atoms with Gasteiger partial charge in [-0.25, -0.2) is 0 Å². The number of benzene rings is 10. The van der Waals surface area contributed by atoms with Crippen LogP contribution in [0.1, 0.15) is 11.1 Å². The van der Waals surface area contributed by atoms with Crippen molar-refractivity contribution in [1.82, 2.24) is 0 Å². The third-order valence-electron chi connectivity index (χ3n) is 11.9. The molecule has 0 saturated heterocycles. The molecule has 0 atom stereocenters. The van der Waals surface area contributed by atoms with Gasteiger partial charge in [0.05, 0.1) is 0 Å². The van der Waals surface area contributed by atoms with Crippen molar-refractivity contribution in [3.05, 3.63) is 236 Å². The smallest absolute Gasteiger partial charge is 0.0464 e. The quantitative estimate of drug-likeness (QED) is 0.157. The van der Waals surface area contributed by atoms with E-state index in [9.17, 15) is 0 Å². The molecule has 0 bridgehead atoms. The molecule has 0 aromatic heterocycles. The molecule has 1 nitrogen and oxygen atoms in total. The molecule has 0 amide bonds. The minimum atomic E-state index is 0.951. The SMILES string of the molecule is c1ccc(-c2ccc3cccc(-c4cccc(-c5ccc(N(c6ccc(-c7cccc8ccccc78)cc6)c6ccc7c(c6)Cc6ccccc6-7)cc5)c4)c3c2)cc1. The van der Waals surface area contributed by atoms with Crippen LogP contribution in [-0.2, 0) is 6.42 Å². The van der Waals surface area contributed by atoms with E-state index in [1.807, 2.05) is 0 Å². The summed E-state index contributed by atoms with van der Waals surface area (Å²) in [6.45, 7) is 0. The second-order valence-electron chi connectivity index (χ2n) is 15.3. The zero-order valence-corrected chi connectivity index (χ0v) is 32.0. The van der Waals surface area contributed by atoms with E-state index in [1.165, 1.54) is 88.3 Å². The van der Waals surface area contributed by atoms with Gasteiger partial charge >= 0.3 is 0 Å². The van der Waals surface area contributed by atoms with Crippen molar-refractivity contribution < 1.29 is 0 Å². The second kappa shape index (κ2) is 14.2. The highest BCUT2D eigenvalue weighted by Crippen LogP contribution is 2.43. The number of fused-ring (bicyclic) bond motifs is 5. The molecule has 11 rings (SSSR count). The molecule has 0 heterocycles. The summed E-state index contributed by atoms with van der Waals surface area (Å²) in [5, 5.41) is 5.03. The van der Waals surface area contributed by atoms with Crippen molar-refractivity contribution in [2.24, 2.45) is 0 Å². The number of hydrogen-bond donors (Lipinski definition) is 0. The molecule has 0 aliphatic heterocycles. The molecule has 0 saturated carbocycles. The molecule has 10 aromatic carbocycles. The van der Waals surface area contributed by atoms with Crippen LogP contribution in [0.3, 0.4) is 0 Å². The highest BCUT2D eigenvalue weighted by Gasteiger charge is 2.21. The largest absolute Gasteiger partial charge is 0.310 e. The lowest BCUT2D eigenvalue weighted by atomic mass is 9.93. The van der Waals surface area contributed by atoms with Crippen molar-refractivity contribution in [1.29, 1.82) is 0 Å². The van der Waals surface area contributed by atoms with Gasteiger partial charge in [0.1, 0.15) is 0 Å². The molecule has 10 aromatic rings. The van der Waals surface area contributed by atoms with Gasteiger partial charge in [-0.05, 0) is 143 Å². The Balaban J connectivity index is 0.963. The average molecular weight is 738 g/mol. The first-order valence-electron chi connectivity index (χ1n) is 20.1. The van der Waals surface area contributed by atoms with Gasteiger partial charge in [0, 0.05) is 17.1 Å². The van der Waals surface area contributed by atoms with E-state index in [4.69, 9.17) is 0 Å². The van der Waals surface area contributed by atoms with Crippen LogP contribution >= 0.6 is 0 Å². The number of hydrogen-bond acceptors (Lipinski definition) is 1. The van der Waals surface area contributed by atoms with Crippen LogP contribution in [0, 0.1) is 0 Å². The normalized spacial score (nSPS) is 11.7. The molecule has 1 heteroatoms. The summed E-state index contributed by atoms with van der Waals surface area (Å²) in [6.07, 6.45) is 0.951. The Morgan fingerprint density at radius 2 is 0.776 bits per heavy atom. The van der Waals surface area contributed by atoms with Crippen LogP contribution in [0.5, 0.6) is 0 Å². The van der Waals surface area contributed by atoms with Crippen LogP contribution in [0.15, 0.2) is 224 Å². The van der Waals surface area contributed by atoms with Crippen LogP contribution in [0.25, 0.3) is 77.2 Å². The minimum Gasteiger partial charge on any atom is -0.310 e. The molecule has 0 radical (unpaired) electrons. The summed E-state index contributed by atoms with van der Waals surface area (Å²) in [5.74, 6) is 0. The molecule has 1 aliphatic rings. The molecule has 58 heavy (non-hydrogen) atoms. The van der Waals surface area contributed by atoms with Crippen LogP contribution in [-0.4, -0.2) is 0 Å². The third-order valence-corrected chi connectivity index (χ3v) is 11.9. The molecule has 0 N–H and O–H groups in total. The first-order chi connectivity index (χ1) is 28.7. The molecule has 272 valence electrons. The Morgan fingerprint density at radius 3 is 1.59 bits per heavy atom. The summed E-state index contributed by atoms with van der Waals surface area (Å²) < 4.78 is 0. The van der Waals surface area contributed by atoms with Gasteiger partial charge in [0.2, 0.25) is 0 Å². The summed E-state index contributed by atoms with van der Waals surface area (Å²) in [6, 6.07) is 82.2. The van der Waals surface area contributed by atoms with E-state index >= 15 is 0 Å². The summed E-state index contributed by atoms with van der Waals surface area (Å²) in [7, 11) is 0. The highest BCUT2D eigenvalue weighted by atomic mass is 15.1. The third kappa shape index (κ3) is 6.05. The minimum absolute atomic E-state index is 0.951. The Bertz CT molecular complexity index is 3120. The van der Waals surface area contributed by atoms with Crippen LogP contribution < -0.4 is 4.90 Å². The fourth-order valence-corrected chi connectivity index (χ4v) is 8.99. The number of anilines is 3. The fourth-order valence-electron chi connectivity index (χ4n) is 8.99. The van der Waals surface area contributed by atoms with Gasteiger partial charge in [-0.2, -0.15) is 0 Å². The van der Waals surface area contributed by atoms with Gasteiger partial charge in [0.15, 0.2) is 0 Å². The predicted molar refractivity (Wildman–Crippen MR) is 246 cm³/mol. The zero-order valence-electron chi connectivity index (χ0n) is 32.0. The van der Waals surface area contributed by atoms with E-state index in [1.54, 1.807) is 0 Å². The van der Waals surface area contributed by atoms with Crippen LogP contribution in [0.4, 0.5) is 17.1 Å². The summed E-state index contributed by atoms with van der Waals surface area (Å²) >= 11 is 0. The van der Waals surface area contributed by atoms with E-state index in [-0.39, 0.29) is 0 Å². The van der Waals surface area contributed by atoms with E-state index in [2.05, 4.69) is 229 Å². The zero-order chi connectivity index (χ0) is 38.4. The van der Waals surface area contributed by atoms with Gasteiger partial charge in [-0.3, -0.25) is 0 Å². The molecule has 0 fully saturated rings. The summed E-state index contributed by atoms with van der Waals surface area (Å²) in [4.78, 5) is 2.40. The Labute approximate surface area is 339 Å². The van der Waals surface area contributed by atoms with Crippen molar-refractivity contribution >= 4 is 38.6 Å². The first kappa shape index (κ1) is 33.8. The maximum atomic E-state index is 2.40. The van der Waals surface area contributed by atoms with Gasteiger partial charge in [0.25, 0.3) is 0 Å². The lowest BCUT2D eigenvalue weighted by Gasteiger charge is -2.26. The fraction of sp³-hybridized carbons (Fsp3) is 0.0175. The van der Waals surface area contributed by atoms with Crippen molar-refractivity contribution in [2.75, 3.05) is 4.90 Å². The Kier molecular flexibility index (Phi) is 8.30. The molecular weight excluding hydrogens is 699 g/mol. The van der Waals surface area contributed by atoms with Gasteiger partial charge < -0.3 is 4.90 Å². The van der Waals surface area contributed by atoms with Crippen molar-refractivity contribution in [2.45, 2.75) is 6.42 Å². The highest BCUT2D eigenvalue weighted by molar-refractivity contribution is 6.00. The standard InChI is InChI=1S/C57H39N/c1-2-11-39(12-3-1)45-24-23-42-16-10-22-55(57(42)38-45)47-18-8-17-44(35-47)40-25-29-49(30-26-40)58(51-33-34-56-48(37-51)36-46-14-5-7-20-54(46)56)50-31-27-43(28-32-50)53-21-9-15-41-13-4-6-19-52(41)53/h1-35,37-38H,36H2.